The molecular formula is C28H23FN4O2S. The first kappa shape index (κ1) is 23.4. The summed E-state index contributed by atoms with van der Waals surface area (Å²) < 4.78 is 14.3. The molecular weight excluding hydrogens is 475 g/mol. The SMILES string of the molecule is CC(=O)N(c1nc(/C=C/C(=O)Nc2ccccc2N2CCc3ccccc32)cs1)c1ccccc1F. The van der Waals surface area contributed by atoms with Gasteiger partial charge >= 0.3 is 0 Å². The highest BCUT2D eigenvalue weighted by Crippen LogP contribution is 2.38. The number of nitrogens with zero attached hydrogens (tertiary/aromatic N) is 3. The smallest absolute Gasteiger partial charge is 0.248 e. The number of benzene rings is 3. The minimum absolute atomic E-state index is 0.132. The molecule has 1 aliphatic heterocycles. The van der Waals surface area contributed by atoms with E-state index in [1.54, 1.807) is 23.6 Å². The molecule has 0 radical (unpaired) electrons. The molecule has 2 amide bonds. The number of halogens is 1. The fourth-order valence-corrected chi connectivity index (χ4v) is 5.08. The highest BCUT2D eigenvalue weighted by atomic mass is 32.1. The molecule has 0 saturated carbocycles. The molecule has 8 heteroatoms. The van der Waals surface area contributed by atoms with E-state index in [1.807, 2.05) is 36.4 Å². The van der Waals surface area contributed by atoms with Crippen molar-refractivity contribution >= 4 is 57.1 Å². The van der Waals surface area contributed by atoms with Crippen LogP contribution in [0.2, 0.25) is 0 Å². The van der Waals surface area contributed by atoms with Crippen molar-refractivity contribution in [1.29, 1.82) is 0 Å². The number of anilines is 5. The summed E-state index contributed by atoms with van der Waals surface area (Å²) >= 11 is 1.20. The van der Waals surface area contributed by atoms with E-state index in [9.17, 15) is 14.0 Å². The summed E-state index contributed by atoms with van der Waals surface area (Å²) in [7, 11) is 0. The van der Waals surface area contributed by atoms with Gasteiger partial charge < -0.3 is 10.2 Å². The van der Waals surface area contributed by atoms with E-state index in [2.05, 4.69) is 27.3 Å². The van der Waals surface area contributed by atoms with Gasteiger partial charge in [0, 0.05) is 30.6 Å². The molecule has 1 N–H and O–H groups in total. The fourth-order valence-electron chi connectivity index (χ4n) is 4.23. The van der Waals surface area contributed by atoms with Crippen molar-refractivity contribution in [2.45, 2.75) is 13.3 Å². The number of para-hydroxylation sites is 4. The maximum atomic E-state index is 14.3. The lowest BCUT2D eigenvalue weighted by molar-refractivity contribution is -0.116. The number of hydrogen-bond donors (Lipinski definition) is 1. The third-order valence-corrected chi connectivity index (χ3v) is 6.70. The van der Waals surface area contributed by atoms with Gasteiger partial charge in [-0.1, -0.05) is 42.5 Å². The van der Waals surface area contributed by atoms with Gasteiger partial charge in [-0.25, -0.2) is 9.37 Å². The molecule has 0 spiro atoms. The Morgan fingerprint density at radius 1 is 1.03 bits per heavy atom. The molecule has 0 unspecified atom stereocenters. The van der Waals surface area contributed by atoms with Gasteiger partial charge in [0.05, 0.1) is 22.8 Å². The Labute approximate surface area is 212 Å². The Balaban J connectivity index is 1.32. The summed E-state index contributed by atoms with van der Waals surface area (Å²) in [6.07, 6.45) is 3.92. The van der Waals surface area contributed by atoms with Crippen LogP contribution in [-0.2, 0) is 16.0 Å². The summed E-state index contributed by atoms with van der Waals surface area (Å²) in [4.78, 5) is 32.8. The molecule has 0 atom stereocenters. The van der Waals surface area contributed by atoms with Gasteiger partial charge in [0.1, 0.15) is 5.82 Å². The molecule has 1 aromatic heterocycles. The summed E-state index contributed by atoms with van der Waals surface area (Å²) in [5.74, 6) is -1.18. The predicted octanol–water partition coefficient (Wildman–Crippen LogP) is 6.31. The van der Waals surface area contributed by atoms with E-state index in [-0.39, 0.29) is 17.5 Å². The first-order valence-corrected chi connectivity index (χ1v) is 12.3. The lowest BCUT2D eigenvalue weighted by Crippen LogP contribution is -2.23. The second-order valence-corrected chi connectivity index (χ2v) is 9.07. The summed E-state index contributed by atoms with van der Waals surface area (Å²) in [5.41, 5.74) is 4.71. The number of thiazole rings is 1. The summed E-state index contributed by atoms with van der Waals surface area (Å²) in [6.45, 7) is 2.20. The fraction of sp³-hybridized carbons (Fsp3) is 0.107. The lowest BCUT2D eigenvalue weighted by Gasteiger charge is -2.22. The van der Waals surface area contributed by atoms with Crippen LogP contribution in [0.4, 0.5) is 32.3 Å². The van der Waals surface area contributed by atoms with E-state index in [4.69, 9.17) is 0 Å². The molecule has 36 heavy (non-hydrogen) atoms. The lowest BCUT2D eigenvalue weighted by atomic mass is 10.1. The van der Waals surface area contributed by atoms with Crippen molar-refractivity contribution in [3.63, 3.8) is 0 Å². The third kappa shape index (κ3) is 4.76. The van der Waals surface area contributed by atoms with E-state index < -0.39 is 5.82 Å². The van der Waals surface area contributed by atoms with E-state index in [0.717, 1.165) is 24.3 Å². The van der Waals surface area contributed by atoms with Gasteiger partial charge in [0.2, 0.25) is 11.8 Å². The van der Waals surface area contributed by atoms with Crippen LogP contribution < -0.4 is 15.1 Å². The number of nitrogens with one attached hydrogen (secondary N) is 1. The van der Waals surface area contributed by atoms with Gasteiger partial charge in [0.15, 0.2) is 5.13 Å². The first-order valence-electron chi connectivity index (χ1n) is 11.5. The zero-order valence-corrected chi connectivity index (χ0v) is 20.3. The summed E-state index contributed by atoms with van der Waals surface area (Å²) in [5, 5.41) is 5.00. The maximum Gasteiger partial charge on any atom is 0.248 e. The van der Waals surface area contributed by atoms with Crippen molar-refractivity contribution in [1.82, 2.24) is 4.98 Å². The molecule has 4 aromatic rings. The number of rotatable bonds is 6. The molecule has 0 saturated heterocycles. The van der Waals surface area contributed by atoms with Crippen molar-refractivity contribution in [2.24, 2.45) is 0 Å². The minimum atomic E-state index is -0.515. The quantitative estimate of drug-likeness (QED) is 0.316. The van der Waals surface area contributed by atoms with Crippen LogP contribution in [0.15, 0.2) is 84.3 Å². The van der Waals surface area contributed by atoms with Gasteiger partial charge in [-0.2, -0.15) is 0 Å². The number of carbonyl (C=O) groups is 2. The summed E-state index contributed by atoms with van der Waals surface area (Å²) in [6, 6.07) is 22.0. The number of carbonyl (C=O) groups excluding carboxylic acids is 2. The zero-order valence-electron chi connectivity index (χ0n) is 19.5. The van der Waals surface area contributed by atoms with Crippen LogP contribution in [0.25, 0.3) is 6.08 Å². The molecule has 1 aliphatic rings. The molecule has 0 bridgehead atoms. The number of aromatic nitrogens is 1. The van der Waals surface area contributed by atoms with Gasteiger partial charge in [0.25, 0.3) is 0 Å². The van der Waals surface area contributed by atoms with Crippen molar-refractivity contribution in [2.75, 3.05) is 21.7 Å². The molecule has 3 aromatic carbocycles. The van der Waals surface area contributed by atoms with Crippen LogP contribution in [-0.4, -0.2) is 23.3 Å². The van der Waals surface area contributed by atoms with Gasteiger partial charge in [-0.15, -0.1) is 11.3 Å². The molecule has 5 rings (SSSR count). The predicted molar refractivity (Wildman–Crippen MR) is 143 cm³/mol. The maximum absolute atomic E-state index is 14.3. The zero-order chi connectivity index (χ0) is 25.1. The molecule has 0 aliphatic carbocycles. The van der Waals surface area contributed by atoms with E-state index in [1.165, 1.54) is 46.9 Å². The Morgan fingerprint density at radius 2 is 1.75 bits per heavy atom. The van der Waals surface area contributed by atoms with E-state index >= 15 is 0 Å². The highest BCUT2D eigenvalue weighted by molar-refractivity contribution is 7.14. The van der Waals surface area contributed by atoms with Gasteiger partial charge in [-0.05, 0) is 48.4 Å². The number of fused-ring (bicyclic) bond motifs is 1. The Hall–Kier alpha value is -4.30. The number of amides is 2. The molecule has 180 valence electrons. The molecule has 2 heterocycles. The first-order chi connectivity index (χ1) is 17.5. The Morgan fingerprint density at radius 3 is 2.56 bits per heavy atom. The normalized spacial score (nSPS) is 12.6. The molecule has 6 nitrogen and oxygen atoms in total. The second-order valence-electron chi connectivity index (χ2n) is 8.23. The van der Waals surface area contributed by atoms with E-state index in [0.29, 0.717) is 16.5 Å². The topological polar surface area (TPSA) is 65.5 Å². The average molecular weight is 499 g/mol. The number of hydrogen-bond acceptors (Lipinski definition) is 5. The highest BCUT2D eigenvalue weighted by Gasteiger charge is 2.22. The standard InChI is InChI=1S/C28H23FN4O2S/c1-19(34)33(25-12-6-3-9-22(25)29)28-30-21(18-36-28)14-15-27(35)31-23-10-4-7-13-26(23)32-17-16-20-8-2-5-11-24(20)32/h2-15,18H,16-17H2,1H3,(H,31,35)/b15-14+. The largest absolute Gasteiger partial charge is 0.339 e. The van der Waals surface area contributed by atoms with Crippen LogP contribution in [0, 0.1) is 5.82 Å². The van der Waals surface area contributed by atoms with Gasteiger partial charge in [-0.3, -0.25) is 14.5 Å². The van der Waals surface area contributed by atoms with Crippen LogP contribution >= 0.6 is 11.3 Å². The third-order valence-electron chi connectivity index (χ3n) is 5.85. The Kier molecular flexibility index (Phi) is 6.60. The molecule has 0 fully saturated rings. The van der Waals surface area contributed by atoms with Crippen LogP contribution in [0.3, 0.4) is 0 Å². The van der Waals surface area contributed by atoms with Crippen LogP contribution in [0.1, 0.15) is 18.2 Å². The minimum Gasteiger partial charge on any atom is -0.339 e. The van der Waals surface area contributed by atoms with Crippen LogP contribution in [0.5, 0.6) is 0 Å². The van der Waals surface area contributed by atoms with Crippen molar-refractivity contribution in [3.05, 3.63) is 101 Å². The van der Waals surface area contributed by atoms with Crippen molar-refractivity contribution in [3.8, 4) is 0 Å². The average Bonchev–Trinajstić information content (AvgIpc) is 3.52. The Bertz CT molecular complexity index is 1470. The van der Waals surface area contributed by atoms with Crippen molar-refractivity contribution < 1.29 is 14.0 Å². The monoisotopic (exact) mass is 498 g/mol. The second kappa shape index (κ2) is 10.1.